The predicted molar refractivity (Wildman–Crippen MR) is 67.6 cm³/mol. The van der Waals surface area contributed by atoms with E-state index < -0.39 is 16.6 Å². The lowest BCUT2D eigenvalue weighted by molar-refractivity contribution is -0.385. The number of aliphatic hydroxyl groups excluding tert-OH is 1. The third-order valence-corrected chi connectivity index (χ3v) is 2.37. The van der Waals surface area contributed by atoms with Gasteiger partial charge in [0, 0.05) is 6.07 Å². The fourth-order valence-corrected chi connectivity index (χ4v) is 1.47. The van der Waals surface area contributed by atoms with Gasteiger partial charge in [0.15, 0.2) is 0 Å². The van der Waals surface area contributed by atoms with Crippen molar-refractivity contribution in [2.75, 3.05) is 26.4 Å². The lowest BCUT2D eigenvalue weighted by Gasteiger charge is -2.06. The summed E-state index contributed by atoms with van der Waals surface area (Å²) in [7, 11) is 0. The number of carbonyl (C=O) groups is 1. The average Bonchev–Trinajstić information content (AvgIpc) is 2.42. The van der Waals surface area contributed by atoms with E-state index in [2.05, 4.69) is 0 Å². The van der Waals surface area contributed by atoms with Crippen molar-refractivity contribution in [3.05, 3.63) is 39.4 Å². The smallest absolute Gasteiger partial charge is 0.342 e. The third-order valence-electron chi connectivity index (χ3n) is 2.37. The van der Waals surface area contributed by atoms with E-state index in [1.54, 1.807) is 0 Å². The molecule has 0 saturated heterocycles. The van der Waals surface area contributed by atoms with E-state index in [4.69, 9.17) is 19.7 Å². The summed E-state index contributed by atoms with van der Waals surface area (Å²) in [5.74, 6) is -1.35. The first-order valence-electron chi connectivity index (χ1n) is 5.83. The molecule has 0 aliphatic heterocycles. The Morgan fingerprint density at radius 3 is 2.55 bits per heavy atom. The summed E-state index contributed by atoms with van der Waals surface area (Å²) < 4.78 is 10.2. The molecule has 1 aromatic carbocycles. The van der Waals surface area contributed by atoms with Crippen molar-refractivity contribution in [2.24, 2.45) is 0 Å². The van der Waals surface area contributed by atoms with Crippen LogP contribution in [0.2, 0.25) is 0 Å². The van der Waals surface area contributed by atoms with Crippen LogP contribution in [0.15, 0.2) is 18.2 Å². The largest absolute Gasteiger partial charge is 0.477 e. The van der Waals surface area contributed by atoms with Crippen molar-refractivity contribution in [1.29, 1.82) is 0 Å². The molecule has 8 heteroatoms. The van der Waals surface area contributed by atoms with Gasteiger partial charge in [-0.1, -0.05) is 6.07 Å². The summed E-state index contributed by atoms with van der Waals surface area (Å²) in [4.78, 5) is 20.9. The van der Waals surface area contributed by atoms with Crippen LogP contribution >= 0.6 is 0 Å². The van der Waals surface area contributed by atoms with Crippen LogP contribution in [0.5, 0.6) is 0 Å². The van der Waals surface area contributed by atoms with Gasteiger partial charge in [0.05, 0.1) is 38.0 Å². The summed E-state index contributed by atoms with van der Waals surface area (Å²) >= 11 is 0. The fraction of sp³-hybridized carbons (Fsp3) is 0.417. The Labute approximate surface area is 114 Å². The number of aromatic carboxylic acids is 1. The molecule has 0 heterocycles. The van der Waals surface area contributed by atoms with Crippen molar-refractivity contribution in [3.8, 4) is 0 Å². The zero-order valence-electron chi connectivity index (χ0n) is 10.7. The molecule has 0 fully saturated rings. The molecule has 20 heavy (non-hydrogen) atoms. The molecule has 0 spiro atoms. The molecule has 0 aliphatic carbocycles. The van der Waals surface area contributed by atoms with Crippen molar-refractivity contribution in [1.82, 2.24) is 0 Å². The Morgan fingerprint density at radius 1 is 1.25 bits per heavy atom. The van der Waals surface area contributed by atoms with Gasteiger partial charge in [0.25, 0.3) is 5.69 Å². The maximum atomic E-state index is 10.8. The summed E-state index contributed by atoms with van der Waals surface area (Å²) in [6, 6.07) is 3.82. The summed E-state index contributed by atoms with van der Waals surface area (Å²) in [6.07, 6.45) is 0. The van der Waals surface area contributed by atoms with E-state index in [1.165, 1.54) is 18.2 Å². The molecular weight excluding hydrogens is 270 g/mol. The zero-order chi connectivity index (χ0) is 15.0. The number of rotatable bonds is 9. The Balaban J connectivity index is 2.57. The monoisotopic (exact) mass is 285 g/mol. The molecule has 1 aromatic rings. The molecule has 1 rings (SSSR count). The molecule has 0 bridgehead atoms. The van der Waals surface area contributed by atoms with E-state index in [0.29, 0.717) is 12.2 Å². The summed E-state index contributed by atoms with van der Waals surface area (Å²) in [6.45, 7) is 0.846. The van der Waals surface area contributed by atoms with Gasteiger partial charge in [0.2, 0.25) is 0 Å². The number of nitro benzene ring substituents is 1. The number of ether oxygens (including phenoxy) is 2. The molecular formula is C12H15NO7. The summed E-state index contributed by atoms with van der Waals surface area (Å²) in [5.41, 5.74) is -0.316. The van der Waals surface area contributed by atoms with Crippen molar-refractivity contribution in [2.45, 2.75) is 6.61 Å². The van der Waals surface area contributed by atoms with Crippen LogP contribution in [-0.4, -0.2) is 47.5 Å². The van der Waals surface area contributed by atoms with Gasteiger partial charge in [-0.2, -0.15) is 0 Å². The maximum absolute atomic E-state index is 10.8. The molecule has 0 aliphatic rings. The summed E-state index contributed by atoms with van der Waals surface area (Å²) in [5, 5.41) is 28.1. The number of carboxylic acid groups (broad SMARTS) is 1. The Morgan fingerprint density at radius 2 is 1.95 bits per heavy atom. The first-order chi connectivity index (χ1) is 9.56. The van der Waals surface area contributed by atoms with Crippen molar-refractivity contribution < 1.29 is 29.4 Å². The highest BCUT2D eigenvalue weighted by Crippen LogP contribution is 2.20. The lowest BCUT2D eigenvalue weighted by atomic mass is 10.1. The number of nitro groups is 1. The number of aliphatic hydroxyl groups is 1. The highest BCUT2D eigenvalue weighted by atomic mass is 16.6. The molecule has 2 N–H and O–H groups in total. The standard InChI is InChI=1S/C12H15NO7/c14-3-4-19-5-6-20-8-9-1-2-10(12(15)16)11(7-9)13(17)18/h1-2,7,14H,3-6,8H2,(H,15,16). The zero-order valence-corrected chi connectivity index (χ0v) is 10.7. The minimum Gasteiger partial charge on any atom is -0.477 e. The first kappa shape index (κ1) is 16.0. The van der Waals surface area contributed by atoms with Gasteiger partial charge in [0.1, 0.15) is 5.56 Å². The van der Waals surface area contributed by atoms with Gasteiger partial charge in [-0.25, -0.2) is 4.79 Å². The third kappa shape index (κ3) is 4.92. The topological polar surface area (TPSA) is 119 Å². The van der Waals surface area contributed by atoms with E-state index >= 15 is 0 Å². The molecule has 0 aromatic heterocycles. The Kier molecular flexibility index (Phi) is 6.57. The van der Waals surface area contributed by atoms with E-state index in [1.807, 2.05) is 0 Å². The normalized spacial score (nSPS) is 10.4. The quantitative estimate of drug-likeness (QED) is 0.391. The minimum absolute atomic E-state index is 0.0666. The number of hydrogen-bond acceptors (Lipinski definition) is 6. The second kappa shape index (κ2) is 8.20. The average molecular weight is 285 g/mol. The number of carboxylic acids is 1. The second-order valence-corrected chi connectivity index (χ2v) is 3.80. The van der Waals surface area contributed by atoms with Crippen molar-refractivity contribution in [3.63, 3.8) is 0 Å². The minimum atomic E-state index is -1.35. The van der Waals surface area contributed by atoms with Crippen LogP contribution in [0.3, 0.4) is 0 Å². The number of benzene rings is 1. The van der Waals surface area contributed by atoms with E-state index in [0.717, 1.165) is 0 Å². The Hall–Kier alpha value is -2.03. The van der Waals surface area contributed by atoms with Crippen LogP contribution in [0, 0.1) is 10.1 Å². The molecule has 8 nitrogen and oxygen atoms in total. The molecule has 0 radical (unpaired) electrons. The van der Waals surface area contributed by atoms with Crippen LogP contribution < -0.4 is 0 Å². The van der Waals surface area contributed by atoms with Gasteiger partial charge < -0.3 is 19.7 Å². The highest BCUT2D eigenvalue weighted by molar-refractivity contribution is 5.92. The second-order valence-electron chi connectivity index (χ2n) is 3.80. The molecule has 110 valence electrons. The van der Waals surface area contributed by atoms with Crippen LogP contribution in [0.1, 0.15) is 15.9 Å². The maximum Gasteiger partial charge on any atom is 0.342 e. The highest BCUT2D eigenvalue weighted by Gasteiger charge is 2.19. The molecule has 0 saturated carbocycles. The number of hydrogen-bond donors (Lipinski definition) is 2. The van der Waals surface area contributed by atoms with Crippen LogP contribution in [0.25, 0.3) is 0 Å². The number of nitrogens with zero attached hydrogens (tertiary/aromatic N) is 1. The SMILES string of the molecule is O=C(O)c1ccc(COCCOCCO)cc1[N+](=O)[O-]. The van der Waals surface area contributed by atoms with Gasteiger partial charge in [-0.15, -0.1) is 0 Å². The fourth-order valence-electron chi connectivity index (χ4n) is 1.47. The van der Waals surface area contributed by atoms with E-state index in [-0.39, 0.29) is 32.0 Å². The van der Waals surface area contributed by atoms with Gasteiger partial charge in [-0.05, 0) is 11.6 Å². The van der Waals surface area contributed by atoms with Crippen LogP contribution in [0.4, 0.5) is 5.69 Å². The van der Waals surface area contributed by atoms with Gasteiger partial charge >= 0.3 is 5.97 Å². The van der Waals surface area contributed by atoms with Crippen molar-refractivity contribution >= 4 is 11.7 Å². The Bertz CT molecular complexity index is 475. The first-order valence-corrected chi connectivity index (χ1v) is 5.83. The lowest BCUT2D eigenvalue weighted by Crippen LogP contribution is -2.08. The molecule has 0 atom stereocenters. The van der Waals surface area contributed by atoms with E-state index in [9.17, 15) is 14.9 Å². The van der Waals surface area contributed by atoms with Gasteiger partial charge in [-0.3, -0.25) is 10.1 Å². The molecule has 0 unspecified atom stereocenters. The van der Waals surface area contributed by atoms with Crippen LogP contribution in [-0.2, 0) is 16.1 Å². The predicted octanol–water partition coefficient (Wildman–Crippen LogP) is 0.818. The molecule has 0 amide bonds.